The number of benzene rings is 1. The van der Waals surface area contributed by atoms with Gasteiger partial charge in [0.25, 0.3) is 0 Å². The number of hydrogen-bond acceptors (Lipinski definition) is 4. The number of aromatic nitrogens is 3. The minimum absolute atomic E-state index is 0.120. The van der Waals surface area contributed by atoms with Crippen LogP contribution >= 0.6 is 22.9 Å². The first-order valence-electron chi connectivity index (χ1n) is 8.36. The Morgan fingerprint density at radius 3 is 2.77 bits per heavy atom. The van der Waals surface area contributed by atoms with Gasteiger partial charge in [0.1, 0.15) is 10.2 Å². The zero-order valence-electron chi connectivity index (χ0n) is 14.9. The summed E-state index contributed by atoms with van der Waals surface area (Å²) < 4.78 is 2.79. The molecule has 0 radical (unpaired) electrons. The lowest BCUT2D eigenvalue weighted by molar-refractivity contribution is -0.135. The Morgan fingerprint density at radius 1 is 1.38 bits per heavy atom. The number of nitrogens with zero attached hydrogens (tertiary/aromatic N) is 3. The standard InChI is InChI=1S/C19H20ClN3O2S/c1-11(2)10-23-18(20)14(12(3)22-23)8-13(9-17(24)25)19-21-15-6-4-5-7-16(15)26-19/h4-8,11H,9-10H2,1-3H3,(H,24,25)/b13-8+. The molecule has 0 aliphatic carbocycles. The summed E-state index contributed by atoms with van der Waals surface area (Å²) in [6.07, 6.45) is 1.69. The van der Waals surface area contributed by atoms with Crippen LogP contribution in [-0.2, 0) is 11.3 Å². The number of rotatable bonds is 6. The van der Waals surface area contributed by atoms with Crippen LogP contribution in [0.2, 0.25) is 5.15 Å². The first kappa shape index (κ1) is 18.6. The van der Waals surface area contributed by atoms with Crippen LogP contribution in [0, 0.1) is 12.8 Å². The second kappa shape index (κ2) is 7.60. The number of aryl methyl sites for hydroxylation is 1. The maximum Gasteiger partial charge on any atom is 0.307 e. The fourth-order valence-corrected chi connectivity index (χ4v) is 4.01. The molecule has 1 N–H and O–H groups in total. The van der Waals surface area contributed by atoms with Crippen molar-refractivity contribution in [3.63, 3.8) is 0 Å². The molecule has 0 saturated carbocycles. The van der Waals surface area contributed by atoms with E-state index in [1.807, 2.05) is 37.3 Å². The molecular weight excluding hydrogens is 370 g/mol. The van der Waals surface area contributed by atoms with Gasteiger partial charge in [-0.3, -0.25) is 9.48 Å². The summed E-state index contributed by atoms with van der Waals surface area (Å²) in [4.78, 5) is 16.0. The van der Waals surface area contributed by atoms with Gasteiger partial charge in [0, 0.05) is 12.1 Å². The third kappa shape index (κ3) is 3.97. The highest BCUT2D eigenvalue weighted by Crippen LogP contribution is 2.32. The van der Waals surface area contributed by atoms with E-state index in [1.54, 1.807) is 4.68 Å². The predicted molar refractivity (Wildman–Crippen MR) is 107 cm³/mol. The fourth-order valence-electron chi connectivity index (χ4n) is 2.73. The minimum Gasteiger partial charge on any atom is -0.481 e. The Morgan fingerprint density at radius 2 is 2.12 bits per heavy atom. The molecule has 0 aliphatic rings. The SMILES string of the molecule is Cc1nn(CC(C)C)c(Cl)c1/C=C(\CC(=O)O)c1nc2ccccc2s1. The van der Waals surface area contributed by atoms with Crippen molar-refractivity contribution >= 4 is 50.8 Å². The molecule has 3 aromatic rings. The molecule has 1 aromatic carbocycles. The van der Waals surface area contributed by atoms with Gasteiger partial charge in [-0.05, 0) is 36.6 Å². The molecule has 0 amide bonds. The topological polar surface area (TPSA) is 68.0 Å². The summed E-state index contributed by atoms with van der Waals surface area (Å²) in [6.45, 7) is 6.79. The van der Waals surface area contributed by atoms with Crippen LogP contribution in [0.3, 0.4) is 0 Å². The van der Waals surface area contributed by atoms with E-state index in [0.717, 1.165) is 21.5 Å². The lowest BCUT2D eigenvalue weighted by Crippen LogP contribution is -2.06. The van der Waals surface area contributed by atoms with Gasteiger partial charge >= 0.3 is 5.97 Å². The zero-order chi connectivity index (χ0) is 18.8. The average Bonchev–Trinajstić information content (AvgIpc) is 3.10. The molecule has 2 aromatic heterocycles. The maximum atomic E-state index is 11.4. The van der Waals surface area contributed by atoms with Gasteiger partial charge in [-0.25, -0.2) is 4.98 Å². The number of carboxylic acids is 1. The molecule has 3 rings (SSSR count). The van der Waals surface area contributed by atoms with Gasteiger partial charge in [-0.2, -0.15) is 5.10 Å². The summed E-state index contributed by atoms with van der Waals surface area (Å²) in [5.41, 5.74) is 3.03. The molecule has 0 bridgehead atoms. The quantitative estimate of drug-likeness (QED) is 0.634. The highest BCUT2D eigenvalue weighted by atomic mass is 35.5. The molecule has 0 spiro atoms. The summed E-state index contributed by atoms with van der Waals surface area (Å²) in [7, 11) is 0. The second-order valence-corrected chi connectivity index (χ2v) is 7.98. The van der Waals surface area contributed by atoms with E-state index in [0.29, 0.717) is 28.2 Å². The third-order valence-corrected chi connectivity index (χ3v) is 5.39. The van der Waals surface area contributed by atoms with Crippen molar-refractivity contribution in [3.8, 4) is 0 Å². The van der Waals surface area contributed by atoms with E-state index in [4.69, 9.17) is 11.6 Å². The van der Waals surface area contributed by atoms with Crippen LogP contribution in [0.4, 0.5) is 0 Å². The van der Waals surface area contributed by atoms with E-state index in [2.05, 4.69) is 23.9 Å². The van der Waals surface area contributed by atoms with Gasteiger partial charge in [-0.15, -0.1) is 11.3 Å². The Kier molecular flexibility index (Phi) is 5.44. The van der Waals surface area contributed by atoms with Gasteiger partial charge in [0.2, 0.25) is 0 Å². The van der Waals surface area contributed by atoms with E-state index in [9.17, 15) is 9.90 Å². The monoisotopic (exact) mass is 389 g/mol. The summed E-state index contributed by atoms with van der Waals surface area (Å²) >= 11 is 7.99. The average molecular weight is 390 g/mol. The molecule has 2 heterocycles. The van der Waals surface area contributed by atoms with Crippen molar-refractivity contribution in [3.05, 3.63) is 45.7 Å². The Labute approximate surface area is 160 Å². The normalized spacial score (nSPS) is 12.3. The van der Waals surface area contributed by atoms with Gasteiger partial charge in [-0.1, -0.05) is 37.6 Å². The Bertz CT molecular complexity index is 955. The number of aliphatic carboxylic acids is 1. The summed E-state index contributed by atoms with van der Waals surface area (Å²) in [5.74, 6) is -0.495. The van der Waals surface area contributed by atoms with Crippen molar-refractivity contribution < 1.29 is 9.90 Å². The van der Waals surface area contributed by atoms with Crippen LogP contribution in [0.5, 0.6) is 0 Å². The minimum atomic E-state index is -0.904. The van der Waals surface area contributed by atoms with Crippen molar-refractivity contribution in [1.29, 1.82) is 0 Å². The molecule has 5 nitrogen and oxygen atoms in total. The molecule has 0 unspecified atom stereocenters. The molecule has 0 saturated heterocycles. The Balaban J connectivity index is 2.08. The number of thiazole rings is 1. The second-order valence-electron chi connectivity index (χ2n) is 6.59. The summed E-state index contributed by atoms with van der Waals surface area (Å²) in [5, 5.41) is 15.1. The van der Waals surface area contributed by atoms with Crippen molar-refractivity contribution in [1.82, 2.24) is 14.8 Å². The summed E-state index contributed by atoms with van der Waals surface area (Å²) in [6, 6.07) is 7.77. The lowest BCUT2D eigenvalue weighted by atomic mass is 10.1. The Hall–Kier alpha value is -2.18. The number of hydrogen-bond donors (Lipinski definition) is 1. The first-order valence-corrected chi connectivity index (χ1v) is 9.55. The van der Waals surface area contributed by atoms with Gasteiger partial charge < -0.3 is 5.11 Å². The predicted octanol–water partition coefficient (Wildman–Crippen LogP) is 5.13. The van der Waals surface area contributed by atoms with Crippen LogP contribution in [0.15, 0.2) is 24.3 Å². The van der Waals surface area contributed by atoms with E-state index in [-0.39, 0.29) is 6.42 Å². The molecular formula is C19H20ClN3O2S. The van der Waals surface area contributed by atoms with Crippen LogP contribution < -0.4 is 0 Å². The number of halogens is 1. The maximum absolute atomic E-state index is 11.4. The number of fused-ring (bicyclic) bond motifs is 1. The highest BCUT2D eigenvalue weighted by Gasteiger charge is 2.17. The van der Waals surface area contributed by atoms with E-state index < -0.39 is 5.97 Å². The van der Waals surface area contributed by atoms with Crippen molar-refractivity contribution in [2.75, 3.05) is 0 Å². The number of carboxylic acid groups (broad SMARTS) is 1. The largest absolute Gasteiger partial charge is 0.481 e. The van der Waals surface area contributed by atoms with Crippen LogP contribution in [-0.4, -0.2) is 25.8 Å². The molecule has 0 aliphatic heterocycles. The lowest BCUT2D eigenvalue weighted by Gasteiger charge is -2.06. The van der Waals surface area contributed by atoms with E-state index >= 15 is 0 Å². The molecule has 7 heteroatoms. The molecule has 26 heavy (non-hydrogen) atoms. The third-order valence-electron chi connectivity index (χ3n) is 3.88. The molecule has 136 valence electrons. The zero-order valence-corrected chi connectivity index (χ0v) is 16.4. The smallest absolute Gasteiger partial charge is 0.307 e. The van der Waals surface area contributed by atoms with Crippen LogP contribution in [0.1, 0.15) is 36.5 Å². The van der Waals surface area contributed by atoms with E-state index in [1.165, 1.54) is 11.3 Å². The molecule has 0 atom stereocenters. The van der Waals surface area contributed by atoms with Crippen molar-refractivity contribution in [2.24, 2.45) is 5.92 Å². The first-order chi connectivity index (χ1) is 12.3. The molecule has 0 fully saturated rings. The van der Waals surface area contributed by atoms with Gasteiger partial charge in [0.05, 0.1) is 22.3 Å². The fraction of sp³-hybridized carbons (Fsp3) is 0.316. The van der Waals surface area contributed by atoms with Gasteiger partial charge in [0.15, 0.2) is 0 Å². The van der Waals surface area contributed by atoms with Crippen molar-refractivity contribution in [2.45, 2.75) is 33.7 Å². The number of para-hydroxylation sites is 1. The van der Waals surface area contributed by atoms with Crippen LogP contribution in [0.25, 0.3) is 21.9 Å². The number of carbonyl (C=O) groups is 1. The highest BCUT2D eigenvalue weighted by molar-refractivity contribution is 7.19.